The molecule has 1 unspecified atom stereocenters. The number of methoxy groups -OCH3 is 1. The van der Waals surface area contributed by atoms with Crippen LogP contribution in [0.15, 0.2) is 17.3 Å². The van der Waals surface area contributed by atoms with Crippen LogP contribution in [0.4, 0.5) is 0 Å². The fraction of sp³-hybridized carbons (Fsp3) is 0.769. The van der Waals surface area contributed by atoms with Crippen molar-refractivity contribution in [1.29, 1.82) is 0 Å². The molecule has 7 nitrogen and oxygen atoms in total. The number of nitrogens with one attached hydrogen (secondary N) is 2. The van der Waals surface area contributed by atoms with Crippen LogP contribution in [0.2, 0.25) is 0 Å². The van der Waals surface area contributed by atoms with Gasteiger partial charge < -0.3 is 10.1 Å². The van der Waals surface area contributed by atoms with Crippen molar-refractivity contribution in [3.05, 3.63) is 12.4 Å². The zero-order chi connectivity index (χ0) is 15.9. The van der Waals surface area contributed by atoms with Crippen LogP contribution in [0.5, 0.6) is 0 Å². The van der Waals surface area contributed by atoms with Crippen molar-refractivity contribution < 1.29 is 13.2 Å². The molecule has 2 N–H and O–H groups in total. The Kier molecular flexibility index (Phi) is 7.30. The van der Waals surface area contributed by atoms with Crippen molar-refractivity contribution >= 4 is 10.0 Å². The maximum Gasteiger partial charge on any atom is 0.243 e. The zero-order valence-corrected chi connectivity index (χ0v) is 14.0. The predicted molar refractivity (Wildman–Crippen MR) is 81.6 cm³/mol. The van der Waals surface area contributed by atoms with Crippen molar-refractivity contribution in [2.75, 3.05) is 26.8 Å². The first-order chi connectivity index (χ1) is 9.85. The monoisotopic (exact) mass is 318 g/mol. The number of sulfonamides is 1. The molecular formula is C13H26N4O3S. The van der Waals surface area contributed by atoms with E-state index in [2.05, 4.69) is 29.0 Å². The fourth-order valence-corrected chi connectivity index (χ4v) is 2.87. The summed E-state index contributed by atoms with van der Waals surface area (Å²) in [6.45, 7) is 8.28. The summed E-state index contributed by atoms with van der Waals surface area (Å²) in [6.07, 6.45) is 2.92. The molecule has 0 aromatic carbocycles. The fourth-order valence-electron chi connectivity index (χ4n) is 1.75. The van der Waals surface area contributed by atoms with E-state index in [0.717, 1.165) is 6.54 Å². The Morgan fingerprint density at radius 3 is 2.71 bits per heavy atom. The predicted octanol–water partition coefficient (Wildman–Crippen LogP) is 0.442. The van der Waals surface area contributed by atoms with E-state index in [4.69, 9.17) is 4.74 Å². The molecule has 0 saturated heterocycles. The van der Waals surface area contributed by atoms with E-state index in [1.54, 1.807) is 18.0 Å². The summed E-state index contributed by atoms with van der Waals surface area (Å²) in [6, 6.07) is 0.396. The SMILES string of the molecule is COCC(C)CNS(=O)(=O)c1cnn(CCNC(C)C)c1. The molecule has 1 atom stereocenters. The van der Waals surface area contributed by atoms with Crippen LogP contribution in [0.1, 0.15) is 20.8 Å². The lowest BCUT2D eigenvalue weighted by Crippen LogP contribution is -2.30. The third-order valence-electron chi connectivity index (χ3n) is 2.89. The molecule has 0 aliphatic rings. The van der Waals surface area contributed by atoms with Crippen molar-refractivity contribution in [2.45, 2.75) is 38.3 Å². The molecular weight excluding hydrogens is 292 g/mol. The molecule has 8 heteroatoms. The highest BCUT2D eigenvalue weighted by molar-refractivity contribution is 7.89. The highest BCUT2D eigenvalue weighted by Gasteiger charge is 2.17. The van der Waals surface area contributed by atoms with E-state index in [0.29, 0.717) is 25.7 Å². The van der Waals surface area contributed by atoms with Crippen molar-refractivity contribution in [3.63, 3.8) is 0 Å². The van der Waals surface area contributed by atoms with Gasteiger partial charge in [0.2, 0.25) is 10.0 Å². The van der Waals surface area contributed by atoms with Crippen LogP contribution in [-0.4, -0.2) is 51.0 Å². The first-order valence-corrected chi connectivity index (χ1v) is 8.58. The Labute approximate surface area is 127 Å². The Morgan fingerprint density at radius 1 is 1.38 bits per heavy atom. The topological polar surface area (TPSA) is 85.2 Å². The lowest BCUT2D eigenvalue weighted by atomic mass is 10.2. The van der Waals surface area contributed by atoms with Crippen LogP contribution in [0, 0.1) is 5.92 Å². The third-order valence-corrected chi connectivity index (χ3v) is 4.26. The molecule has 0 aliphatic heterocycles. The maximum absolute atomic E-state index is 12.1. The number of ether oxygens (including phenoxy) is 1. The zero-order valence-electron chi connectivity index (χ0n) is 13.2. The normalized spacial score (nSPS) is 13.8. The number of aromatic nitrogens is 2. The standard InChI is InChI=1S/C13H26N4O3S/c1-11(2)14-5-6-17-9-13(8-15-17)21(18,19)16-7-12(3)10-20-4/h8-9,11-12,14,16H,5-7,10H2,1-4H3. The Bertz CT molecular complexity index is 513. The summed E-state index contributed by atoms with van der Waals surface area (Å²) >= 11 is 0. The van der Waals surface area contributed by atoms with Gasteiger partial charge in [0.25, 0.3) is 0 Å². The lowest BCUT2D eigenvalue weighted by Gasteiger charge is -2.11. The first-order valence-electron chi connectivity index (χ1n) is 7.09. The smallest absolute Gasteiger partial charge is 0.243 e. The molecule has 1 aromatic rings. The molecule has 0 spiro atoms. The molecule has 0 radical (unpaired) electrons. The molecule has 0 fully saturated rings. The van der Waals surface area contributed by atoms with Crippen molar-refractivity contribution in [3.8, 4) is 0 Å². The van der Waals surface area contributed by atoms with Gasteiger partial charge in [0.1, 0.15) is 4.90 Å². The highest BCUT2D eigenvalue weighted by Crippen LogP contribution is 2.07. The van der Waals surface area contributed by atoms with E-state index >= 15 is 0 Å². The largest absolute Gasteiger partial charge is 0.384 e. The highest BCUT2D eigenvalue weighted by atomic mass is 32.2. The summed E-state index contributed by atoms with van der Waals surface area (Å²) in [5.41, 5.74) is 0. The van der Waals surface area contributed by atoms with Gasteiger partial charge in [-0.1, -0.05) is 20.8 Å². The summed E-state index contributed by atoms with van der Waals surface area (Å²) in [7, 11) is -1.91. The minimum absolute atomic E-state index is 0.120. The molecule has 0 saturated carbocycles. The van der Waals surface area contributed by atoms with Gasteiger partial charge in [-0.15, -0.1) is 0 Å². The van der Waals surface area contributed by atoms with Crippen LogP contribution in [0.25, 0.3) is 0 Å². The second-order valence-electron chi connectivity index (χ2n) is 5.46. The summed E-state index contributed by atoms with van der Waals surface area (Å²) in [5, 5.41) is 7.33. The summed E-state index contributed by atoms with van der Waals surface area (Å²) in [4.78, 5) is 0.191. The van der Waals surface area contributed by atoms with Crippen LogP contribution in [-0.2, 0) is 21.3 Å². The molecule has 1 heterocycles. The summed E-state index contributed by atoms with van der Waals surface area (Å²) < 4.78 is 33.4. The molecule has 122 valence electrons. The van der Waals surface area contributed by atoms with Crippen LogP contribution >= 0.6 is 0 Å². The Balaban J connectivity index is 2.53. The van der Waals surface area contributed by atoms with Gasteiger partial charge in [-0.25, -0.2) is 13.1 Å². The molecule has 21 heavy (non-hydrogen) atoms. The number of rotatable bonds is 10. The average molecular weight is 318 g/mol. The maximum atomic E-state index is 12.1. The first kappa shape index (κ1) is 18.1. The molecule has 1 aromatic heterocycles. The van der Waals surface area contributed by atoms with Crippen LogP contribution in [0.3, 0.4) is 0 Å². The van der Waals surface area contributed by atoms with Gasteiger partial charge in [-0.05, 0) is 5.92 Å². The van der Waals surface area contributed by atoms with Crippen molar-refractivity contribution in [1.82, 2.24) is 19.8 Å². The van der Waals surface area contributed by atoms with Gasteiger partial charge >= 0.3 is 0 Å². The van der Waals surface area contributed by atoms with E-state index in [1.807, 2.05) is 6.92 Å². The molecule has 0 bridgehead atoms. The molecule has 1 rings (SSSR count). The quantitative estimate of drug-likeness (QED) is 0.654. The second kappa shape index (κ2) is 8.47. The minimum Gasteiger partial charge on any atom is -0.384 e. The third kappa shape index (κ3) is 6.56. The molecule has 0 aliphatic carbocycles. The minimum atomic E-state index is -3.50. The second-order valence-corrected chi connectivity index (χ2v) is 7.23. The number of hydrogen-bond acceptors (Lipinski definition) is 5. The van der Waals surface area contributed by atoms with Gasteiger partial charge in [0, 0.05) is 39.0 Å². The molecule has 0 amide bonds. The lowest BCUT2D eigenvalue weighted by molar-refractivity contribution is 0.161. The van der Waals surface area contributed by atoms with E-state index in [1.165, 1.54) is 6.20 Å². The van der Waals surface area contributed by atoms with Gasteiger partial charge in [-0.3, -0.25) is 4.68 Å². The summed E-state index contributed by atoms with van der Waals surface area (Å²) in [5.74, 6) is 0.120. The van der Waals surface area contributed by atoms with E-state index in [9.17, 15) is 8.42 Å². The van der Waals surface area contributed by atoms with Gasteiger partial charge in [-0.2, -0.15) is 5.10 Å². The number of nitrogens with zero attached hydrogens (tertiary/aromatic N) is 2. The van der Waals surface area contributed by atoms with Gasteiger partial charge in [0.05, 0.1) is 12.7 Å². The average Bonchev–Trinajstić information content (AvgIpc) is 2.86. The Morgan fingerprint density at radius 2 is 2.10 bits per heavy atom. The van der Waals surface area contributed by atoms with Crippen LogP contribution < -0.4 is 10.0 Å². The number of hydrogen-bond donors (Lipinski definition) is 2. The van der Waals surface area contributed by atoms with E-state index < -0.39 is 10.0 Å². The van der Waals surface area contributed by atoms with E-state index in [-0.39, 0.29) is 10.8 Å². The van der Waals surface area contributed by atoms with Crippen molar-refractivity contribution in [2.24, 2.45) is 5.92 Å². The Hall–Kier alpha value is -0.960. The van der Waals surface area contributed by atoms with Gasteiger partial charge in [0.15, 0.2) is 0 Å².